The zero-order valence-corrected chi connectivity index (χ0v) is 11.1. The van der Waals surface area contributed by atoms with Gasteiger partial charge in [0.15, 0.2) is 11.5 Å². The molecule has 0 spiro atoms. The zero-order valence-electron chi connectivity index (χ0n) is 11.1. The molecule has 3 N–H and O–H groups in total. The Morgan fingerprint density at radius 2 is 1.67 bits per heavy atom. The van der Waals surface area contributed by atoms with Crippen LogP contribution in [0.2, 0.25) is 0 Å². The largest absolute Gasteiger partial charge is 0.506 e. The Balaban J connectivity index is 2.09. The summed E-state index contributed by atoms with van der Waals surface area (Å²) in [5.74, 6) is -0.288. The molecule has 104 valence electrons. The van der Waals surface area contributed by atoms with Gasteiger partial charge in [0.2, 0.25) is 0 Å². The Labute approximate surface area is 121 Å². The monoisotopic (exact) mass is 279 g/mol. The van der Waals surface area contributed by atoms with E-state index in [1.807, 2.05) is 12.1 Å². The summed E-state index contributed by atoms with van der Waals surface area (Å²) in [6.07, 6.45) is 0. The maximum atomic E-state index is 9.86. The smallest absolute Gasteiger partial charge is 0.158 e. The number of fused-ring (bicyclic) bond motifs is 1. The maximum Gasteiger partial charge on any atom is 0.158 e. The number of para-hydroxylation sites is 1. The number of pyridine rings is 1. The van der Waals surface area contributed by atoms with Crippen LogP contribution in [0.15, 0.2) is 55.1 Å². The summed E-state index contributed by atoms with van der Waals surface area (Å²) in [5, 5.41) is 29.6. The van der Waals surface area contributed by atoms with Crippen molar-refractivity contribution in [2.24, 2.45) is 0 Å². The molecule has 0 fully saturated rings. The predicted octanol–water partition coefficient (Wildman–Crippen LogP) is 3.41. The van der Waals surface area contributed by atoms with Crippen molar-refractivity contribution in [3.8, 4) is 17.2 Å². The van der Waals surface area contributed by atoms with Crippen LogP contribution in [0.3, 0.4) is 0 Å². The Kier molecular flexibility index (Phi) is 2.99. The van der Waals surface area contributed by atoms with Crippen molar-refractivity contribution in [2.75, 3.05) is 0 Å². The van der Waals surface area contributed by atoms with Crippen LogP contribution in [0.25, 0.3) is 16.5 Å². The standard InChI is InChI=1S/C17H13NO3/c1-10(12-6-8-14(19)16(21)9-12)13-7-5-11-3-2-4-15(20)17(11)18-13/h2-9,19-21H,1H2. The Bertz CT molecular complexity index is 856. The lowest BCUT2D eigenvalue weighted by atomic mass is 10.0. The lowest BCUT2D eigenvalue weighted by molar-refractivity contribution is 0.403. The van der Waals surface area contributed by atoms with Gasteiger partial charge in [-0.05, 0) is 29.8 Å². The average molecular weight is 279 g/mol. The quantitative estimate of drug-likeness (QED) is 0.628. The summed E-state index contributed by atoms with van der Waals surface area (Å²) in [5.41, 5.74) is 2.33. The molecule has 0 saturated heterocycles. The minimum Gasteiger partial charge on any atom is -0.506 e. The molecular weight excluding hydrogens is 266 g/mol. The van der Waals surface area contributed by atoms with E-state index in [1.165, 1.54) is 12.1 Å². The molecule has 0 atom stereocenters. The molecule has 1 aromatic heterocycles. The van der Waals surface area contributed by atoms with Gasteiger partial charge in [0.1, 0.15) is 11.3 Å². The molecule has 21 heavy (non-hydrogen) atoms. The number of aromatic hydroxyl groups is 3. The van der Waals surface area contributed by atoms with Crippen LogP contribution in [-0.4, -0.2) is 20.3 Å². The van der Waals surface area contributed by atoms with Crippen molar-refractivity contribution in [2.45, 2.75) is 0 Å². The normalized spacial score (nSPS) is 10.7. The summed E-state index contributed by atoms with van der Waals surface area (Å²) < 4.78 is 0. The SMILES string of the molecule is C=C(c1ccc(O)c(O)c1)c1ccc2cccc(O)c2n1. The molecule has 0 aliphatic rings. The minimum absolute atomic E-state index is 0.107. The van der Waals surface area contributed by atoms with Gasteiger partial charge in [-0.2, -0.15) is 0 Å². The van der Waals surface area contributed by atoms with Crippen LogP contribution >= 0.6 is 0 Å². The lowest BCUT2D eigenvalue weighted by Gasteiger charge is -2.08. The van der Waals surface area contributed by atoms with Gasteiger partial charge in [-0.1, -0.05) is 30.8 Å². The third kappa shape index (κ3) is 2.27. The van der Waals surface area contributed by atoms with Crippen molar-refractivity contribution in [1.82, 2.24) is 4.98 Å². The summed E-state index contributed by atoms with van der Waals surface area (Å²) in [6.45, 7) is 3.97. The number of phenolic OH excluding ortho intramolecular Hbond substituents is 3. The highest BCUT2D eigenvalue weighted by molar-refractivity contribution is 5.87. The molecule has 0 aliphatic heterocycles. The number of phenols is 3. The molecule has 3 aromatic rings. The molecule has 3 rings (SSSR count). The number of rotatable bonds is 2. The molecule has 0 saturated carbocycles. The second-order valence-electron chi connectivity index (χ2n) is 4.73. The molecule has 0 unspecified atom stereocenters. The molecule has 0 amide bonds. The van der Waals surface area contributed by atoms with E-state index < -0.39 is 0 Å². The highest BCUT2D eigenvalue weighted by Crippen LogP contribution is 2.31. The molecule has 0 aliphatic carbocycles. The van der Waals surface area contributed by atoms with Crippen molar-refractivity contribution < 1.29 is 15.3 Å². The van der Waals surface area contributed by atoms with E-state index in [0.29, 0.717) is 22.3 Å². The van der Waals surface area contributed by atoms with Crippen LogP contribution in [0.5, 0.6) is 17.2 Å². The first-order valence-electron chi connectivity index (χ1n) is 6.36. The Hall–Kier alpha value is -3.01. The third-order valence-corrected chi connectivity index (χ3v) is 3.33. The van der Waals surface area contributed by atoms with Crippen molar-refractivity contribution in [1.29, 1.82) is 0 Å². The van der Waals surface area contributed by atoms with E-state index in [0.717, 1.165) is 5.39 Å². The fraction of sp³-hybridized carbons (Fsp3) is 0. The van der Waals surface area contributed by atoms with E-state index >= 15 is 0 Å². The number of aromatic nitrogens is 1. The van der Waals surface area contributed by atoms with E-state index in [2.05, 4.69) is 11.6 Å². The first-order valence-corrected chi connectivity index (χ1v) is 6.36. The fourth-order valence-corrected chi connectivity index (χ4v) is 2.16. The molecule has 4 heteroatoms. The van der Waals surface area contributed by atoms with Gasteiger partial charge in [0.05, 0.1) is 5.69 Å². The molecule has 4 nitrogen and oxygen atoms in total. The van der Waals surface area contributed by atoms with Crippen molar-refractivity contribution >= 4 is 16.5 Å². The molecule has 0 bridgehead atoms. The predicted molar refractivity (Wildman–Crippen MR) is 81.3 cm³/mol. The van der Waals surface area contributed by atoms with E-state index in [-0.39, 0.29) is 17.2 Å². The summed E-state index contributed by atoms with van der Waals surface area (Å²) in [4.78, 5) is 4.41. The zero-order chi connectivity index (χ0) is 15.0. The van der Waals surface area contributed by atoms with E-state index in [9.17, 15) is 15.3 Å². The van der Waals surface area contributed by atoms with Gasteiger partial charge in [0.25, 0.3) is 0 Å². The van der Waals surface area contributed by atoms with E-state index in [1.54, 1.807) is 24.3 Å². The lowest BCUT2D eigenvalue weighted by Crippen LogP contribution is -1.91. The number of hydrogen-bond acceptors (Lipinski definition) is 4. The summed E-state index contributed by atoms with van der Waals surface area (Å²) in [6, 6.07) is 13.3. The molecular formula is C17H13NO3. The van der Waals surface area contributed by atoms with Crippen LogP contribution in [0.1, 0.15) is 11.3 Å². The van der Waals surface area contributed by atoms with Crippen LogP contribution in [0, 0.1) is 0 Å². The van der Waals surface area contributed by atoms with Crippen LogP contribution in [-0.2, 0) is 0 Å². The second kappa shape index (κ2) is 4.83. The summed E-state index contributed by atoms with van der Waals surface area (Å²) in [7, 11) is 0. The van der Waals surface area contributed by atoms with Crippen molar-refractivity contribution in [3.63, 3.8) is 0 Å². The molecule has 1 heterocycles. The van der Waals surface area contributed by atoms with Gasteiger partial charge in [-0.15, -0.1) is 0 Å². The van der Waals surface area contributed by atoms with Gasteiger partial charge in [-0.3, -0.25) is 0 Å². The van der Waals surface area contributed by atoms with Crippen LogP contribution < -0.4 is 0 Å². The summed E-state index contributed by atoms with van der Waals surface area (Å²) >= 11 is 0. The number of hydrogen-bond donors (Lipinski definition) is 3. The van der Waals surface area contributed by atoms with Gasteiger partial charge < -0.3 is 15.3 Å². The Morgan fingerprint density at radius 3 is 2.43 bits per heavy atom. The number of benzene rings is 2. The number of nitrogens with zero attached hydrogens (tertiary/aromatic N) is 1. The topological polar surface area (TPSA) is 73.6 Å². The van der Waals surface area contributed by atoms with Gasteiger partial charge in [0, 0.05) is 11.0 Å². The first kappa shape index (κ1) is 13.0. The van der Waals surface area contributed by atoms with Gasteiger partial charge >= 0.3 is 0 Å². The highest BCUT2D eigenvalue weighted by atomic mass is 16.3. The fourth-order valence-electron chi connectivity index (χ4n) is 2.16. The highest BCUT2D eigenvalue weighted by Gasteiger charge is 2.09. The van der Waals surface area contributed by atoms with Crippen LogP contribution in [0.4, 0.5) is 0 Å². The van der Waals surface area contributed by atoms with Crippen molar-refractivity contribution in [3.05, 3.63) is 66.4 Å². The third-order valence-electron chi connectivity index (χ3n) is 3.33. The molecule has 0 radical (unpaired) electrons. The van der Waals surface area contributed by atoms with E-state index in [4.69, 9.17) is 0 Å². The van der Waals surface area contributed by atoms with Gasteiger partial charge in [-0.25, -0.2) is 4.98 Å². The Morgan fingerprint density at radius 1 is 0.857 bits per heavy atom. The first-order chi connectivity index (χ1) is 10.1. The molecule has 2 aromatic carbocycles. The minimum atomic E-state index is -0.211. The maximum absolute atomic E-state index is 9.86. The second-order valence-corrected chi connectivity index (χ2v) is 4.73. The average Bonchev–Trinajstić information content (AvgIpc) is 2.49.